The number of carboxylic acid groups (broad SMARTS) is 1. The third-order valence-corrected chi connectivity index (χ3v) is 2.75. The molecule has 1 aromatic heterocycles. The number of rotatable bonds is 3. The van der Waals surface area contributed by atoms with E-state index in [4.69, 9.17) is 5.11 Å². The average molecular weight is 285 g/mol. The largest absolute Gasteiger partial charge is 0.481 e. The van der Waals surface area contributed by atoms with Gasteiger partial charge in [-0.05, 0) is 31.2 Å². The maximum Gasteiger partial charge on any atom is 0.416 e. The van der Waals surface area contributed by atoms with E-state index in [9.17, 15) is 18.0 Å². The van der Waals surface area contributed by atoms with E-state index >= 15 is 0 Å². The van der Waals surface area contributed by atoms with Gasteiger partial charge in [-0.3, -0.25) is 4.79 Å². The molecule has 0 amide bonds. The molecule has 8 heteroatoms. The molecule has 0 atom stereocenters. The second-order valence-electron chi connectivity index (χ2n) is 4.15. The van der Waals surface area contributed by atoms with E-state index < -0.39 is 17.7 Å². The van der Waals surface area contributed by atoms with Crippen LogP contribution in [0.2, 0.25) is 0 Å². The van der Waals surface area contributed by atoms with Gasteiger partial charge in [-0.1, -0.05) is 5.21 Å². The van der Waals surface area contributed by atoms with Gasteiger partial charge in [-0.15, -0.1) is 5.10 Å². The fourth-order valence-corrected chi connectivity index (χ4v) is 1.70. The Bertz CT molecular complexity index is 632. The van der Waals surface area contributed by atoms with Crippen molar-refractivity contribution in [1.82, 2.24) is 15.0 Å². The predicted molar refractivity (Wildman–Crippen MR) is 62.4 cm³/mol. The third kappa shape index (κ3) is 2.79. The Hall–Kier alpha value is -2.38. The summed E-state index contributed by atoms with van der Waals surface area (Å²) >= 11 is 0. The summed E-state index contributed by atoms with van der Waals surface area (Å²) in [5.74, 6) is -1.05. The van der Waals surface area contributed by atoms with E-state index in [-0.39, 0.29) is 12.1 Å². The SMILES string of the molecule is Cc1c(CC(=O)O)nnn1-c1ccc(C(F)(F)F)cc1. The summed E-state index contributed by atoms with van der Waals surface area (Å²) in [5.41, 5.74) is 0.383. The van der Waals surface area contributed by atoms with Gasteiger partial charge in [0.1, 0.15) is 0 Å². The van der Waals surface area contributed by atoms with Crippen LogP contribution in [-0.2, 0) is 17.4 Å². The zero-order valence-electron chi connectivity index (χ0n) is 10.3. The topological polar surface area (TPSA) is 68.0 Å². The van der Waals surface area contributed by atoms with Gasteiger partial charge >= 0.3 is 12.1 Å². The quantitative estimate of drug-likeness (QED) is 0.939. The molecule has 0 aliphatic rings. The summed E-state index contributed by atoms with van der Waals surface area (Å²) in [6.07, 6.45) is -4.68. The summed E-state index contributed by atoms with van der Waals surface area (Å²) in [4.78, 5) is 10.6. The van der Waals surface area contributed by atoms with Gasteiger partial charge in [0.2, 0.25) is 0 Å². The summed E-state index contributed by atoms with van der Waals surface area (Å²) in [6, 6.07) is 4.39. The van der Waals surface area contributed by atoms with Crippen molar-refractivity contribution in [3.63, 3.8) is 0 Å². The predicted octanol–water partition coefficient (Wildman–Crippen LogP) is 2.22. The number of hydrogen-bond donors (Lipinski definition) is 1. The minimum absolute atomic E-state index is 0.275. The van der Waals surface area contributed by atoms with Crippen molar-refractivity contribution in [3.05, 3.63) is 41.2 Å². The van der Waals surface area contributed by atoms with Crippen LogP contribution in [0.1, 0.15) is 17.0 Å². The number of benzene rings is 1. The van der Waals surface area contributed by atoms with Crippen LogP contribution < -0.4 is 0 Å². The molecule has 0 bridgehead atoms. The first kappa shape index (κ1) is 14.0. The van der Waals surface area contributed by atoms with E-state index in [0.717, 1.165) is 12.1 Å². The van der Waals surface area contributed by atoms with E-state index in [1.54, 1.807) is 6.92 Å². The van der Waals surface area contributed by atoms with Gasteiger partial charge in [0.25, 0.3) is 0 Å². The molecule has 106 valence electrons. The first-order valence-electron chi connectivity index (χ1n) is 5.59. The Morgan fingerprint density at radius 1 is 1.30 bits per heavy atom. The Kier molecular flexibility index (Phi) is 3.47. The average Bonchev–Trinajstić information content (AvgIpc) is 2.69. The Labute approximate surface area is 111 Å². The third-order valence-electron chi connectivity index (χ3n) is 2.75. The first-order valence-corrected chi connectivity index (χ1v) is 5.59. The molecule has 2 aromatic rings. The number of halogens is 3. The normalized spacial score (nSPS) is 11.6. The van der Waals surface area contributed by atoms with Gasteiger partial charge in [0, 0.05) is 0 Å². The van der Waals surface area contributed by atoms with Gasteiger partial charge in [0.15, 0.2) is 0 Å². The molecular weight excluding hydrogens is 275 g/mol. The van der Waals surface area contributed by atoms with Gasteiger partial charge in [-0.2, -0.15) is 13.2 Å². The zero-order valence-corrected chi connectivity index (χ0v) is 10.3. The highest BCUT2D eigenvalue weighted by molar-refractivity contribution is 5.69. The van der Waals surface area contributed by atoms with Gasteiger partial charge in [-0.25, -0.2) is 4.68 Å². The summed E-state index contributed by atoms with van der Waals surface area (Å²) in [7, 11) is 0. The molecule has 1 heterocycles. The number of carbonyl (C=O) groups is 1. The standard InChI is InChI=1S/C12H10F3N3O2/c1-7-10(6-11(19)20)16-17-18(7)9-4-2-8(3-5-9)12(13,14)15/h2-5H,6H2,1H3,(H,19,20). The lowest BCUT2D eigenvalue weighted by Crippen LogP contribution is -2.06. The second kappa shape index (κ2) is 4.95. The fraction of sp³-hybridized carbons (Fsp3) is 0.250. The number of aliphatic carboxylic acids is 1. The van der Waals surface area contributed by atoms with Crippen LogP contribution in [0.15, 0.2) is 24.3 Å². The summed E-state index contributed by atoms with van der Waals surface area (Å²) in [6.45, 7) is 1.61. The van der Waals surface area contributed by atoms with E-state index in [0.29, 0.717) is 11.4 Å². The van der Waals surface area contributed by atoms with Crippen molar-refractivity contribution < 1.29 is 23.1 Å². The van der Waals surface area contributed by atoms with E-state index in [1.807, 2.05) is 0 Å². The monoisotopic (exact) mass is 285 g/mol. The molecule has 1 N–H and O–H groups in total. The first-order chi connectivity index (χ1) is 9.29. The molecule has 2 rings (SSSR count). The highest BCUT2D eigenvalue weighted by Crippen LogP contribution is 2.29. The van der Waals surface area contributed by atoms with Crippen LogP contribution in [0.5, 0.6) is 0 Å². The highest BCUT2D eigenvalue weighted by Gasteiger charge is 2.30. The van der Waals surface area contributed by atoms with Crippen molar-refractivity contribution in [3.8, 4) is 5.69 Å². The fourth-order valence-electron chi connectivity index (χ4n) is 1.70. The number of alkyl halides is 3. The summed E-state index contributed by atoms with van der Waals surface area (Å²) in [5, 5.41) is 16.2. The second-order valence-corrected chi connectivity index (χ2v) is 4.15. The molecule has 0 saturated heterocycles. The Balaban J connectivity index is 2.33. The number of carboxylic acids is 1. The lowest BCUT2D eigenvalue weighted by atomic mass is 10.2. The molecule has 20 heavy (non-hydrogen) atoms. The Morgan fingerprint density at radius 2 is 1.90 bits per heavy atom. The van der Waals surface area contributed by atoms with Crippen molar-refractivity contribution in [2.75, 3.05) is 0 Å². The number of aromatic nitrogens is 3. The van der Waals surface area contributed by atoms with Crippen molar-refractivity contribution >= 4 is 5.97 Å². The lowest BCUT2D eigenvalue weighted by Gasteiger charge is -2.08. The minimum atomic E-state index is -4.40. The summed E-state index contributed by atoms with van der Waals surface area (Å²) < 4.78 is 38.7. The maximum absolute atomic E-state index is 12.4. The minimum Gasteiger partial charge on any atom is -0.481 e. The van der Waals surface area contributed by atoms with Crippen LogP contribution in [0.3, 0.4) is 0 Å². The molecule has 0 saturated carbocycles. The molecule has 1 aromatic carbocycles. The van der Waals surface area contributed by atoms with Crippen molar-refractivity contribution in [1.29, 1.82) is 0 Å². The number of hydrogen-bond acceptors (Lipinski definition) is 3. The molecule has 0 radical (unpaired) electrons. The lowest BCUT2D eigenvalue weighted by molar-refractivity contribution is -0.138. The maximum atomic E-state index is 12.4. The van der Waals surface area contributed by atoms with Crippen LogP contribution in [0.25, 0.3) is 5.69 Å². The smallest absolute Gasteiger partial charge is 0.416 e. The zero-order chi connectivity index (χ0) is 14.9. The van der Waals surface area contributed by atoms with Gasteiger partial charge < -0.3 is 5.11 Å². The van der Waals surface area contributed by atoms with Crippen LogP contribution >= 0.6 is 0 Å². The van der Waals surface area contributed by atoms with Crippen LogP contribution in [0, 0.1) is 6.92 Å². The van der Waals surface area contributed by atoms with Crippen molar-refractivity contribution in [2.45, 2.75) is 19.5 Å². The van der Waals surface area contributed by atoms with Crippen molar-refractivity contribution in [2.24, 2.45) is 0 Å². The van der Waals surface area contributed by atoms with Gasteiger partial charge in [0.05, 0.1) is 29.1 Å². The van der Waals surface area contributed by atoms with Crippen LogP contribution in [0.4, 0.5) is 13.2 Å². The Morgan fingerprint density at radius 3 is 2.40 bits per heavy atom. The van der Waals surface area contributed by atoms with E-state index in [1.165, 1.54) is 16.8 Å². The number of nitrogens with zero attached hydrogens (tertiary/aromatic N) is 3. The molecule has 0 unspecified atom stereocenters. The molecule has 0 aliphatic carbocycles. The molecule has 0 aliphatic heterocycles. The molecule has 5 nitrogen and oxygen atoms in total. The molecular formula is C12H10F3N3O2. The molecule has 0 fully saturated rings. The van der Waals surface area contributed by atoms with E-state index in [2.05, 4.69) is 10.3 Å². The van der Waals surface area contributed by atoms with Crippen LogP contribution in [-0.4, -0.2) is 26.1 Å². The highest BCUT2D eigenvalue weighted by atomic mass is 19.4. The molecule has 0 spiro atoms.